The summed E-state index contributed by atoms with van der Waals surface area (Å²) in [5.74, 6) is 2.38. The lowest BCUT2D eigenvalue weighted by atomic mass is 10.1. The van der Waals surface area contributed by atoms with E-state index in [0.29, 0.717) is 5.92 Å². The van der Waals surface area contributed by atoms with Crippen molar-refractivity contribution >= 4 is 0 Å². The summed E-state index contributed by atoms with van der Waals surface area (Å²) >= 11 is 0. The van der Waals surface area contributed by atoms with Gasteiger partial charge < -0.3 is 15.1 Å². The van der Waals surface area contributed by atoms with Gasteiger partial charge in [0.1, 0.15) is 5.76 Å². The molecule has 1 aliphatic heterocycles. The Balaban J connectivity index is 1.94. The molecule has 0 spiro atoms. The van der Waals surface area contributed by atoms with Gasteiger partial charge in [0.2, 0.25) is 0 Å². The van der Waals surface area contributed by atoms with Crippen LogP contribution in [0.2, 0.25) is 0 Å². The highest BCUT2D eigenvalue weighted by molar-refractivity contribution is 5.02. The molecule has 2 N–H and O–H groups in total. The molecule has 1 atom stereocenters. The topological polar surface area (TPSA) is 50.1 Å². The van der Waals surface area contributed by atoms with Crippen LogP contribution in [0.4, 0.5) is 0 Å². The van der Waals surface area contributed by atoms with Gasteiger partial charge in [-0.2, -0.15) is 0 Å². The zero-order valence-corrected chi connectivity index (χ0v) is 8.55. The Kier molecular flexibility index (Phi) is 3.16. The molecule has 0 amide bonds. The van der Waals surface area contributed by atoms with Crippen molar-refractivity contribution in [2.45, 2.75) is 18.8 Å². The monoisotopic (exact) mass is 195 g/mol. The third kappa shape index (κ3) is 2.13. The van der Waals surface area contributed by atoms with E-state index in [4.69, 9.17) is 4.42 Å². The quantitative estimate of drug-likeness (QED) is 0.735. The summed E-state index contributed by atoms with van der Waals surface area (Å²) in [7, 11) is 1.94. The molecule has 1 aromatic rings. The number of nitrogens with one attached hydrogen (secondary N) is 2. The van der Waals surface area contributed by atoms with E-state index in [1.54, 1.807) is 0 Å². The van der Waals surface area contributed by atoms with E-state index in [1.807, 2.05) is 13.2 Å². The first-order valence-corrected chi connectivity index (χ1v) is 5.20. The average molecular weight is 195 g/mol. The Morgan fingerprint density at radius 3 is 3.36 bits per heavy atom. The maximum atomic E-state index is 5.68. The molecular weight excluding hydrogens is 178 g/mol. The number of hydrogen-bond acceptors (Lipinski definition) is 4. The molecule has 14 heavy (non-hydrogen) atoms. The zero-order chi connectivity index (χ0) is 9.80. The van der Waals surface area contributed by atoms with Gasteiger partial charge in [0, 0.05) is 25.4 Å². The highest BCUT2D eigenvalue weighted by Gasteiger charge is 2.21. The van der Waals surface area contributed by atoms with Crippen LogP contribution in [0.3, 0.4) is 0 Å². The maximum Gasteiger partial charge on any atom is 0.198 e. The van der Waals surface area contributed by atoms with Gasteiger partial charge in [-0.15, -0.1) is 0 Å². The highest BCUT2D eigenvalue weighted by atomic mass is 16.4. The summed E-state index contributed by atoms with van der Waals surface area (Å²) < 4.78 is 5.68. The van der Waals surface area contributed by atoms with E-state index >= 15 is 0 Å². The van der Waals surface area contributed by atoms with Crippen molar-refractivity contribution in [3.63, 3.8) is 0 Å². The maximum absolute atomic E-state index is 5.68. The Morgan fingerprint density at radius 1 is 1.71 bits per heavy atom. The fraction of sp³-hybridized carbons (Fsp3) is 0.700. The minimum atomic E-state index is 0.485. The second kappa shape index (κ2) is 4.57. The fourth-order valence-corrected chi connectivity index (χ4v) is 1.74. The van der Waals surface area contributed by atoms with Crippen molar-refractivity contribution < 1.29 is 4.42 Å². The molecule has 4 heteroatoms. The number of aromatic nitrogens is 1. The largest absolute Gasteiger partial charge is 0.445 e. The first-order chi connectivity index (χ1) is 6.90. The van der Waals surface area contributed by atoms with E-state index in [2.05, 4.69) is 15.6 Å². The predicted molar refractivity (Wildman–Crippen MR) is 54.4 cm³/mol. The summed E-state index contributed by atoms with van der Waals surface area (Å²) in [6.07, 6.45) is 3.92. The highest BCUT2D eigenvalue weighted by Crippen LogP contribution is 2.21. The van der Waals surface area contributed by atoms with Gasteiger partial charge in [0.15, 0.2) is 5.89 Å². The zero-order valence-electron chi connectivity index (χ0n) is 8.55. The number of oxazole rings is 1. The summed E-state index contributed by atoms with van der Waals surface area (Å²) in [5, 5.41) is 6.41. The van der Waals surface area contributed by atoms with E-state index in [9.17, 15) is 0 Å². The lowest BCUT2D eigenvalue weighted by molar-refractivity contribution is 0.424. The van der Waals surface area contributed by atoms with Crippen LogP contribution < -0.4 is 10.6 Å². The molecule has 1 unspecified atom stereocenters. The van der Waals surface area contributed by atoms with E-state index < -0.39 is 0 Å². The first kappa shape index (κ1) is 9.68. The molecule has 0 saturated carbocycles. The first-order valence-electron chi connectivity index (χ1n) is 5.20. The second-order valence-electron chi connectivity index (χ2n) is 3.71. The Bertz CT molecular complexity index is 279. The third-order valence-electron chi connectivity index (χ3n) is 2.60. The Hall–Kier alpha value is -0.870. The van der Waals surface area contributed by atoms with Crippen LogP contribution >= 0.6 is 0 Å². The van der Waals surface area contributed by atoms with Gasteiger partial charge in [-0.1, -0.05) is 0 Å². The minimum absolute atomic E-state index is 0.485. The SMILES string of the molecule is CNCCc1cnc(C2CCNC2)o1. The Labute approximate surface area is 84.1 Å². The number of likely N-dealkylation sites (N-methyl/N-ethyl adjacent to an activating group) is 1. The van der Waals surface area contributed by atoms with Crippen LogP contribution in [0, 0.1) is 0 Å². The van der Waals surface area contributed by atoms with Crippen molar-refractivity contribution in [1.82, 2.24) is 15.6 Å². The van der Waals surface area contributed by atoms with Crippen LogP contribution in [0.25, 0.3) is 0 Å². The van der Waals surface area contributed by atoms with E-state index in [-0.39, 0.29) is 0 Å². The normalized spacial score (nSPS) is 21.6. The van der Waals surface area contributed by atoms with Gasteiger partial charge in [0.05, 0.1) is 6.20 Å². The molecular formula is C10H17N3O. The summed E-state index contributed by atoms with van der Waals surface area (Å²) in [6.45, 7) is 3.03. The van der Waals surface area contributed by atoms with E-state index in [0.717, 1.165) is 44.1 Å². The summed E-state index contributed by atoms with van der Waals surface area (Å²) in [5.41, 5.74) is 0. The summed E-state index contributed by atoms with van der Waals surface area (Å²) in [4.78, 5) is 4.32. The molecule has 1 fully saturated rings. The van der Waals surface area contributed by atoms with Gasteiger partial charge in [0.25, 0.3) is 0 Å². The van der Waals surface area contributed by atoms with Crippen molar-refractivity contribution in [1.29, 1.82) is 0 Å². The standard InChI is InChI=1S/C10H17N3O/c1-11-4-3-9-7-13-10(14-9)8-2-5-12-6-8/h7-8,11-12H,2-6H2,1H3. The molecule has 2 heterocycles. The number of rotatable bonds is 4. The number of nitrogens with zero attached hydrogens (tertiary/aromatic N) is 1. The molecule has 1 aliphatic rings. The van der Waals surface area contributed by atoms with Crippen molar-refractivity contribution in [3.8, 4) is 0 Å². The second-order valence-corrected chi connectivity index (χ2v) is 3.71. The van der Waals surface area contributed by atoms with Crippen LogP contribution in [-0.2, 0) is 6.42 Å². The van der Waals surface area contributed by atoms with Crippen LogP contribution in [-0.4, -0.2) is 31.7 Å². The molecule has 0 aromatic carbocycles. The lowest BCUT2D eigenvalue weighted by Gasteiger charge is -2.01. The molecule has 0 aliphatic carbocycles. The Morgan fingerprint density at radius 2 is 2.64 bits per heavy atom. The minimum Gasteiger partial charge on any atom is -0.445 e. The fourth-order valence-electron chi connectivity index (χ4n) is 1.74. The van der Waals surface area contributed by atoms with Gasteiger partial charge in [-0.05, 0) is 20.0 Å². The summed E-state index contributed by atoms with van der Waals surface area (Å²) in [6, 6.07) is 0. The third-order valence-corrected chi connectivity index (χ3v) is 2.60. The smallest absolute Gasteiger partial charge is 0.198 e. The molecule has 4 nitrogen and oxygen atoms in total. The molecule has 78 valence electrons. The van der Waals surface area contributed by atoms with Gasteiger partial charge in [-0.3, -0.25) is 0 Å². The predicted octanol–water partition coefficient (Wildman–Crippen LogP) is 0.513. The van der Waals surface area contributed by atoms with Crippen LogP contribution in [0.1, 0.15) is 24.0 Å². The lowest BCUT2D eigenvalue weighted by Crippen LogP contribution is -2.09. The average Bonchev–Trinajstić information content (AvgIpc) is 2.85. The molecule has 0 radical (unpaired) electrons. The van der Waals surface area contributed by atoms with Gasteiger partial charge >= 0.3 is 0 Å². The molecule has 1 saturated heterocycles. The van der Waals surface area contributed by atoms with Gasteiger partial charge in [-0.25, -0.2) is 4.98 Å². The van der Waals surface area contributed by atoms with Crippen molar-refractivity contribution in [2.75, 3.05) is 26.7 Å². The molecule has 0 bridgehead atoms. The van der Waals surface area contributed by atoms with Crippen molar-refractivity contribution in [2.24, 2.45) is 0 Å². The van der Waals surface area contributed by atoms with Crippen molar-refractivity contribution in [3.05, 3.63) is 17.8 Å². The number of hydrogen-bond donors (Lipinski definition) is 2. The van der Waals surface area contributed by atoms with Crippen LogP contribution in [0.5, 0.6) is 0 Å². The van der Waals surface area contributed by atoms with E-state index in [1.165, 1.54) is 0 Å². The molecule has 1 aromatic heterocycles. The molecule has 2 rings (SSSR count). The van der Waals surface area contributed by atoms with Crippen LogP contribution in [0.15, 0.2) is 10.6 Å².